The maximum absolute atomic E-state index is 13.4. The van der Waals surface area contributed by atoms with E-state index in [-0.39, 0.29) is 11.4 Å². The molecule has 0 heterocycles. The van der Waals surface area contributed by atoms with Crippen LogP contribution in [-0.2, 0) is 21.2 Å². The number of benzene rings is 3. The van der Waals surface area contributed by atoms with Gasteiger partial charge in [0.1, 0.15) is 6.54 Å². The molecule has 0 saturated carbocycles. The third-order valence-corrected chi connectivity index (χ3v) is 7.00. The maximum atomic E-state index is 13.4. The van der Waals surface area contributed by atoms with Crippen molar-refractivity contribution in [2.75, 3.05) is 10.8 Å². The van der Waals surface area contributed by atoms with Crippen molar-refractivity contribution in [2.24, 2.45) is 5.10 Å². The molecule has 3 aromatic rings. The fourth-order valence-electron chi connectivity index (χ4n) is 3.45. The molecule has 172 valence electrons. The Labute approximate surface area is 196 Å². The normalized spacial score (nSPS) is 11.8. The molecule has 1 N–H and O–H groups in total. The summed E-state index contributed by atoms with van der Waals surface area (Å²) in [5, 5.41) is 4.17. The molecule has 0 aliphatic heterocycles. The number of nitrogens with one attached hydrogen (secondary N) is 1. The van der Waals surface area contributed by atoms with E-state index in [2.05, 4.69) is 10.5 Å². The van der Waals surface area contributed by atoms with Gasteiger partial charge in [0.15, 0.2) is 0 Å². The lowest BCUT2D eigenvalue weighted by atomic mass is 10.1. The number of carbonyl (C=O) groups excluding carboxylic acids is 1. The zero-order valence-electron chi connectivity index (χ0n) is 19.2. The Morgan fingerprint density at radius 2 is 1.58 bits per heavy atom. The molecule has 0 aromatic heterocycles. The first kappa shape index (κ1) is 24.2. The van der Waals surface area contributed by atoms with Gasteiger partial charge in [-0.2, -0.15) is 5.10 Å². The van der Waals surface area contributed by atoms with Crippen LogP contribution in [0.15, 0.2) is 88.9 Å². The lowest BCUT2D eigenvalue weighted by Gasteiger charge is -2.25. The standard InChI is InChI=1S/C26H29N3O3S/c1-20-14-17-25(21(2)18-20)29(33(31,32)24-12-8-5-9-13-24)19-26(30)28-27-22(3)15-16-23-10-6-4-7-11-23/h4-14,17-18H,15-16,19H2,1-3H3,(H,28,30)/b27-22-. The highest BCUT2D eigenvalue weighted by Crippen LogP contribution is 2.27. The second-order valence-corrected chi connectivity index (χ2v) is 9.84. The molecular weight excluding hydrogens is 434 g/mol. The van der Waals surface area contributed by atoms with Gasteiger partial charge in [-0.05, 0) is 62.9 Å². The van der Waals surface area contributed by atoms with E-state index in [9.17, 15) is 13.2 Å². The summed E-state index contributed by atoms with van der Waals surface area (Å²) in [5.41, 5.74) is 6.71. The molecule has 3 rings (SSSR count). The molecule has 3 aromatic carbocycles. The van der Waals surface area contributed by atoms with E-state index in [4.69, 9.17) is 0 Å². The molecule has 0 bridgehead atoms. The monoisotopic (exact) mass is 463 g/mol. The summed E-state index contributed by atoms with van der Waals surface area (Å²) in [5.74, 6) is -0.506. The quantitative estimate of drug-likeness (QED) is 0.371. The predicted octanol–water partition coefficient (Wildman–Crippen LogP) is 4.62. The predicted molar refractivity (Wildman–Crippen MR) is 133 cm³/mol. The number of amides is 1. The van der Waals surface area contributed by atoms with Crippen molar-refractivity contribution in [3.8, 4) is 0 Å². The van der Waals surface area contributed by atoms with E-state index in [1.807, 2.05) is 63.2 Å². The lowest BCUT2D eigenvalue weighted by Crippen LogP contribution is -2.40. The number of rotatable bonds is 9. The number of hydrogen-bond donors (Lipinski definition) is 1. The highest BCUT2D eigenvalue weighted by atomic mass is 32.2. The molecule has 33 heavy (non-hydrogen) atoms. The fourth-order valence-corrected chi connectivity index (χ4v) is 4.96. The van der Waals surface area contributed by atoms with Crippen molar-refractivity contribution in [3.05, 3.63) is 95.6 Å². The number of carbonyl (C=O) groups is 1. The molecule has 0 spiro atoms. The number of nitrogens with zero attached hydrogens (tertiary/aromatic N) is 2. The van der Waals surface area contributed by atoms with Crippen LogP contribution in [0.4, 0.5) is 5.69 Å². The van der Waals surface area contributed by atoms with E-state index < -0.39 is 15.9 Å². The zero-order chi connectivity index (χ0) is 23.8. The van der Waals surface area contributed by atoms with Crippen LogP contribution in [0.3, 0.4) is 0 Å². The Kier molecular flexibility index (Phi) is 8.01. The van der Waals surface area contributed by atoms with Crippen molar-refractivity contribution < 1.29 is 13.2 Å². The van der Waals surface area contributed by atoms with Crippen LogP contribution >= 0.6 is 0 Å². The van der Waals surface area contributed by atoms with Gasteiger partial charge in [0.25, 0.3) is 15.9 Å². The topological polar surface area (TPSA) is 78.8 Å². The van der Waals surface area contributed by atoms with Crippen LogP contribution in [0.1, 0.15) is 30.0 Å². The molecule has 1 amide bonds. The second kappa shape index (κ2) is 10.9. The summed E-state index contributed by atoms with van der Waals surface area (Å²) in [7, 11) is -3.95. The Bertz CT molecular complexity index is 1220. The van der Waals surface area contributed by atoms with Gasteiger partial charge in [-0.1, -0.05) is 66.2 Å². The Morgan fingerprint density at radius 3 is 2.21 bits per heavy atom. The summed E-state index contributed by atoms with van der Waals surface area (Å²) in [6.45, 7) is 5.23. The summed E-state index contributed by atoms with van der Waals surface area (Å²) in [6.07, 6.45) is 1.50. The summed E-state index contributed by atoms with van der Waals surface area (Å²) < 4.78 is 28.0. The highest BCUT2D eigenvalue weighted by Gasteiger charge is 2.28. The average molecular weight is 464 g/mol. The fraction of sp³-hybridized carbons (Fsp3) is 0.231. The molecule has 7 heteroatoms. The third kappa shape index (κ3) is 6.52. The molecule has 0 unspecified atom stereocenters. The third-order valence-electron chi connectivity index (χ3n) is 5.23. The molecule has 0 fully saturated rings. The van der Waals surface area contributed by atoms with Crippen molar-refractivity contribution >= 4 is 27.3 Å². The zero-order valence-corrected chi connectivity index (χ0v) is 20.0. The van der Waals surface area contributed by atoms with E-state index in [0.29, 0.717) is 12.1 Å². The Balaban J connectivity index is 1.78. The van der Waals surface area contributed by atoms with Gasteiger partial charge in [0, 0.05) is 5.71 Å². The van der Waals surface area contributed by atoms with Crippen molar-refractivity contribution in [2.45, 2.75) is 38.5 Å². The van der Waals surface area contributed by atoms with Crippen LogP contribution in [0, 0.1) is 13.8 Å². The second-order valence-electron chi connectivity index (χ2n) is 7.98. The Morgan fingerprint density at radius 1 is 0.939 bits per heavy atom. The van der Waals surface area contributed by atoms with Crippen LogP contribution in [0.25, 0.3) is 0 Å². The average Bonchev–Trinajstić information content (AvgIpc) is 2.81. The molecule has 0 aliphatic carbocycles. The van der Waals surface area contributed by atoms with Crippen molar-refractivity contribution in [1.82, 2.24) is 5.43 Å². The van der Waals surface area contributed by atoms with Crippen LogP contribution in [0.2, 0.25) is 0 Å². The first-order valence-electron chi connectivity index (χ1n) is 10.8. The molecular formula is C26H29N3O3S. The van der Waals surface area contributed by atoms with Gasteiger partial charge in [0.05, 0.1) is 10.6 Å². The Hall–Kier alpha value is -3.45. The minimum atomic E-state index is -3.95. The summed E-state index contributed by atoms with van der Waals surface area (Å²) in [6, 6.07) is 23.6. The first-order valence-corrected chi connectivity index (χ1v) is 12.2. The minimum Gasteiger partial charge on any atom is -0.271 e. The number of anilines is 1. The van der Waals surface area contributed by atoms with Gasteiger partial charge in [-0.3, -0.25) is 9.10 Å². The molecule has 0 saturated heterocycles. The SMILES string of the molecule is C/C(CCc1ccccc1)=N/NC(=O)CN(c1ccc(C)cc1C)S(=O)(=O)c1ccccc1. The molecule has 0 radical (unpaired) electrons. The van der Waals surface area contributed by atoms with Gasteiger partial charge < -0.3 is 0 Å². The molecule has 6 nitrogen and oxygen atoms in total. The summed E-state index contributed by atoms with van der Waals surface area (Å²) in [4.78, 5) is 12.9. The minimum absolute atomic E-state index is 0.125. The number of hydrogen-bond acceptors (Lipinski definition) is 4. The van der Waals surface area contributed by atoms with Crippen molar-refractivity contribution in [3.63, 3.8) is 0 Å². The maximum Gasteiger partial charge on any atom is 0.264 e. The highest BCUT2D eigenvalue weighted by molar-refractivity contribution is 7.92. The van der Waals surface area contributed by atoms with E-state index in [1.54, 1.807) is 24.3 Å². The van der Waals surface area contributed by atoms with Crippen LogP contribution < -0.4 is 9.73 Å². The van der Waals surface area contributed by atoms with Crippen molar-refractivity contribution in [1.29, 1.82) is 0 Å². The van der Waals surface area contributed by atoms with Gasteiger partial charge >= 0.3 is 0 Å². The number of hydrazone groups is 1. The van der Waals surface area contributed by atoms with E-state index >= 15 is 0 Å². The summed E-state index contributed by atoms with van der Waals surface area (Å²) >= 11 is 0. The largest absolute Gasteiger partial charge is 0.271 e. The molecule has 0 aliphatic rings. The number of sulfonamides is 1. The van der Waals surface area contributed by atoms with E-state index in [1.165, 1.54) is 17.7 Å². The molecule has 0 atom stereocenters. The lowest BCUT2D eigenvalue weighted by molar-refractivity contribution is -0.119. The smallest absolute Gasteiger partial charge is 0.264 e. The van der Waals surface area contributed by atoms with Crippen LogP contribution in [0.5, 0.6) is 0 Å². The van der Waals surface area contributed by atoms with E-state index in [0.717, 1.165) is 27.6 Å². The van der Waals surface area contributed by atoms with Gasteiger partial charge in [0.2, 0.25) is 0 Å². The number of aryl methyl sites for hydroxylation is 3. The van der Waals surface area contributed by atoms with Gasteiger partial charge in [-0.15, -0.1) is 0 Å². The van der Waals surface area contributed by atoms with Crippen LogP contribution in [-0.4, -0.2) is 26.6 Å². The van der Waals surface area contributed by atoms with Gasteiger partial charge in [-0.25, -0.2) is 13.8 Å². The first-order chi connectivity index (χ1) is 15.8.